The average molecular weight is 353 g/mol. The Morgan fingerprint density at radius 3 is 2.62 bits per heavy atom. The molecule has 1 heterocycles. The molecule has 0 fully saturated rings. The summed E-state index contributed by atoms with van der Waals surface area (Å²) in [4.78, 5) is 41.7. The van der Waals surface area contributed by atoms with Crippen molar-refractivity contribution in [3.63, 3.8) is 0 Å². The van der Waals surface area contributed by atoms with E-state index in [1.165, 1.54) is 6.07 Å². The molecule has 1 amide bonds. The Bertz CT molecular complexity index is 858. The predicted octanol–water partition coefficient (Wildman–Crippen LogP) is 1.54. The fourth-order valence-corrected chi connectivity index (χ4v) is 3.28. The van der Waals surface area contributed by atoms with Gasteiger partial charge in [-0.15, -0.1) is 0 Å². The molecule has 3 N–H and O–H groups in total. The minimum Gasteiger partial charge on any atom is -0.337 e. The summed E-state index contributed by atoms with van der Waals surface area (Å²) in [6.07, 6.45) is 2.51. The van der Waals surface area contributed by atoms with Crippen LogP contribution in [-0.2, 0) is 12.8 Å². The summed E-state index contributed by atoms with van der Waals surface area (Å²) in [7, 11) is 0. The van der Waals surface area contributed by atoms with E-state index < -0.39 is 5.56 Å². The van der Waals surface area contributed by atoms with Gasteiger partial charge >= 0.3 is 0 Å². The second kappa shape index (κ2) is 8.10. The van der Waals surface area contributed by atoms with Gasteiger partial charge in [-0.2, -0.15) is 0 Å². The molecule has 0 unspecified atom stereocenters. The Morgan fingerprint density at radius 2 is 1.88 bits per heavy atom. The van der Waals surface area contributed by atoms with Crippen molar-refractivity contribution in [2.45, 2.75) is 25.7 Å². The van der Waals surface area contributed by atoms with Crippen LogP contribution in [0.5, 0.6) is 0 Å². The van der Waals surface area contributed by atoms with Crippen LogP contribution in [0.3, 0.4) is 0 Å². The van der Waals surface area contributed by atoms with Gasteiger partial charge in [0, 0.05) is 37.3 Å². The molecule has 0 bridgehead atoms. The van der Waals surface area contributed by atoms with E-state index in [9.17, 15) is 14.4 Å². The SMILES string of the molecule is NCCN(CCc1ccccc1)C(=O)c1cc2c([nH]c1=O)CCCC2=O. The largest absolute Gasteiger partial charge is 0.337 e. The number of pyridine rings is 1. The van der Waals surface area contributed by atoms with Crippen LogP contribution in [-0.4, -0.2) is 41.2 Å². The molecule has 6 nitrogen and oxygen atoms in total. The van der Waals surface area contributed by atoms with Gasteiger partial charge in [-0.05, 0) is 30.9 Å². The fraction of sp³-hybridized carbons (Fsp3) is 0.350. The maximum absolute atomic E-state index is 12.9. The van der Waals surface area contributed by atoms with Crippen molar-refractivity contribution in [3.05, 3.63) is 69.1 Å². The Balaban J connectivity index is 1.83. The third-order valence-corrected chi connectivity index (χ3v) is 4.68. The number of aromatic amines is 1. The van der Waals surface area contributed by atoms with E-state index in [1.807, 2.05) is 30.3 Å². The third-order valence-electron chi connectivity index (χ3n) is 4.68. The van der Waals surface area contributed by atoms with Crippen LogP contribution in [0.25, 0.3) is 0 Å². The number of nitrogens with one attached hydrogen (secondary N) is 1. The third kappa shape index (κ3) is 3.91. The minimum absolute atomic E-state index is 0.0144. The molecule has 0 atom stereocenters. The molecule has 0 saturated heterocycles. The molecule has 136 valence electrons. The lowest BCUT2D eigenvalue weighted by molar-refractivity contribution is 0.0760. The molecule has 0 spiro atoms. The lowest BCUT2D eigenvalue weighted by Crippen LogP contribution is -2.40. The van der Waals surface area contributed by atoms with Crippen LogP contribution >= 0.6 is 0 Å². The summed E-state index contributed by atoms with van der Waals surface area (Å²) in [5.41, 5.74) is 7.44. The van der Waals surface area contributed by atoms with E-state index in [-0.39, 0.29) is 17.3 Å². The minimum atomic E-state index is -0.440. The van der Waals surface area contributed by atoms with Gasteiger partial charge in [-0.1, -0.05) is 30.3 Å². The second-order valence-electron chi connectivity index (χ2n) is 6.50. The van der Waals surface area contributed by atoms with Crippen LogP contribution in [0.4, 0.5) is 0 Å². The Kier molecular flexibility index (Phi) is 5.63. The number of carbonyl (C=O) groups excluding carboxylic acids is 2. The zero-order chi connectivity index (χ0) is 18.5. The van der Waals surface area contributed by atoms with E-state index in [2.05, 4.69) is 4.98 Å². The molecule has 1 aromatic heterocycles. The lowest BCUT2D eigenvalue weighted by atomic mass is 9.93. The Morgan fingerprint density at radius 1 is 1.12 bits per heavy atom. The zero-order valence-electron chi connectivity index (χ0n) is 14.7. The molecular weight excluding hydrogens is 330 g/mol. The topological polar surface area (TPSA) is 96.3 Å². The number of hydrogen-bond acceptors (Lipinski definition) is 4. The Hall–Kier alpha value is -2.73. The van der Waals surface area contributed by atoms with Crippen molar-refractivity contribution >= 4 is 11.7 Å². The molecule has 0 radical (unpaired) electrons. The zero-order valence-corrected chi connectivity index (χ0v) is 14.7. The second-order valence-corrected chi connectivity index (χ2v) is 6.50. The quantitative estimate of drug-likeness (QED) is 0.823. The van der Waals surface area contributed by atoms with Crippen molar-refractivity contribution in [2.24, 2.45) is 5.73 Å². The summed E-state index contributed by atoms with van der Waals surface area (Å²) in [6.45, 7) is 1.13. The van der Waals surface area contributed by atoms with E-state index in [4.69, 9.17) is 5.73 Å². The van der Waals surface area contributed by atoms with E-state index in [1.54, 1.807) is 4.90 Å². The number of Topliss-reactive ketones (excluding diaryl/α,β-unsaturated/α-hetero) is 1. The number of nitrogens with two attached hydrogens (primary N) is 1. The van der Waals surface area contributed by atoms with Gasteiger partial charge in [-0.3, -0.25) is 14.4 Å². The van der Waals surface area contributed by atoms with E-state index in [0.29, 0.717) is 50.2 Å². The number of rotatable bonds is 6. The summed E-state index contributed by atoms with van der Waals surface area (Å²) < 4.78 is 0. The molecule has 3 rings (SSSR count). The van der Waals surface area contributed by atoms with Crippen molar-refractivity contribution in [1.82, 2.24) is 9.88 Å². The molecule has 26 heavy (non-hydrogen) atoms. The first-order chi connectivity index (χ1) is 12.6. The predicted molar refractivity (Wildman–Crippen MR) is 99.4 cm³/mol. The van der Waals surface area contributed by atoms with E-state index in [0.717, 1.165) is 12.0 Å². The highest BCUT2D eigenvalue weighted by atomic mass is 16.2. The number of fused-ring (bicyclic) bond motifs is 1. The molecule has 1 aromatic carbocycles. The highest BCUT2D eigenvalue weighted by Gasteiger charge is 2.24. The molecule has 1 aliphatic rings. The first kappa shape index (κ1) is 18.1. The number of nitrogens with zero attached hydrogens (tertiary/aromatic N) is 1. The van der Waals surface area contributed by atoms with Crippen molar-refractivity contribution < 1.29 is 9.59 Å². The van der Waals surface area contributed by atoms with Gasteiger partial charge in [-0.25, -0.2) is 0 Å². The number of amides is 1. The van der Waals surface area contributed by atoms with Crippen molar-refractivity contribution in [1.29, 1.82) is 0 Å². The van der Waals surface area contributed by atoms with Gasteiger partial charge < -0.3 is 15.6 Å². The summed E-state index contributed by atoms with van der Waals surface area (Å²) >= 11 is 0. The molecule has 0 aliphatic heterocycles. The number of aromatic nitrogens is 1. The molecule has 1 aliphatic carbocycles. The highest BCUT2D eigenvalue weighted by Crippen LogP contribution is 2.19. The molecule has 0 saturated carbocycles. The number of benzene rings is 1. The van der Waals surface area contributed by atoms with Crippen LogP contribution in [0.1, 0.15) is 44.8 Å². The first-order valence-corrected chi connectivity index (χ1v) is 8.93. The van der Waals surface area contributed by atoms with Crippen LogP contribution in [0.2, 0.25) is 0 Å². The van der Waals surface area contributed by atoms with Gasteiger partial charge in [0.05, 0.1) is 0 Å². The van der Waals surface area contributed by atoms with Gasteiger partial charge in [0.1, 0.15) is 5.56 Å². The summed E-state index contributed by atoms with van der Waals surface area (Å²) in [5.74, 6) is -0.403. The first-order valence-electron chi connectivity index (χ1n) is 8.93. The molecule has 2 aromatic rings. The van der Waals surface area contributed by atoms with Crippen molar-refractivity contribution in [3.8, 4) is 0 Å². The maximum atomic E-state index is 12.9. The molecule has 6 heteroatoms. The lowest BCUT2D eigenvalue weighted by Gasteiger charge is -2.23. The van der Waals surface area contributed by atoms with E-state index >= 15 is 0 Å². The number of carbonyl (C=O) groups is 2. The Labute approximate surface area is 152 Å². The van der Waals surface area contributed by atoms with Gasteiger partial charge in [0.2, 0.25) is 0 Å². The van der Waals surface area contributed by atoms with Crippen LogP contribution in [0, 0.1) is 0 Å². The van der Waals surface area contributed by atoms with Crippen LogP contribution < -0.4 is 11.3 Å². The van der Waals surface area contributed by atoms with Crippen LogP contribution in [0.15, 0.2) is 41.2 Å². The fourth-order valence-electron chi connectivity index (χ4n) is 3.28. The summed E-state index contributed by atoms with van der Waals surface area (Å²) in [5, 5.41) is 0. The standard InChI is InChI=1S/C20H23N3O3/c21-10-12-23(11-9-14-5-2-1-3-6-14)20(26)16-13-15-17(22-19(16)25)7-4-8-18(15)24/h1-3,5-6,13H,4,7-12,21H2,(H,22,25). The maximum Gasteiger partial charge on any atom is 0.261 e. The highest BCUT2D eigenvalue weighted by molar-refractivity contribution is 6.01. The monoisotopic (exact) mass is 353 g/mol. The number of ketones is 1. The van der Waals surface area contributed by atoms with Gasteiger partial charge in [0.15, 0.2) is 5.78 Å². The number of aryl methyl sites for hydroxylation is 1. The number of hydrogen-bond donors (Lipinski definition) is 2. The smallest absolute Gasteiger partial charge is 0.261 e. The number of H-pyrrole nitrogens is 1. The molecular formula is C20H23N3O3. The average Bonchev–Trinajstić information content (AvgIpc) is 2.65. The van der Waals surface area contributed by atoms with Crippen molar-refractivity contribution in [2.75, 3.05) is 19.6 Å². The summed E-state index contributed by atoms with van der Waals surface area (Å²) in [6, 6.07) is 11.3. The normalized spacial score (nSPS) is 13.3. The van der Waals surface area contributed by atoms with Gasteiger partial charge in [0.25, 0.3) is 11.5 Å².